The molecule has 94 valence electrons. The van der Waals surface area contributed by atoms with E-state index in [1.165, 1.54) is 0 Å². The summed E-state index contributed by atoms with van der Waals surface area (Å²) in [6.07, 6.45) is 4.78. The van der Waals surface area contributed by atoms with Crippen molar-refractivity contribution in [3.05, 3.63) is 23.5 Å². The average Bonchev–Trinajstić information content (AvgIpc) is 2.77. The van der Waals surface area contributed by atoms with Crippen molar-refractivity contribution in [3.8, 4) is 0 Å². The average molecular weight is 253 g/mol. The molecule has 0 aliphatic carbocycles. The summed E-state index contributed by atoms with van der Waals surface area (Å²) in [6, 6.07) is -0.0490. The Kier molecular flexibility index (Phi) is 3.51. The summed E-state index contributed by atoms with van der Waals surface area (Å²) in [4.78, 5) is 5.55. The quantitative estimate of drug-likeness (QED) is 0.887. The lowest BCUT2D eigenvalue weighted by Gasteiger charge is -2.31. The van der Waals surface area contributed by atoms with Crippen LogP contribution >= 0.6 is 11.3 Å². The Hall–Kier alpha value is -0.910. The zero-order valence-electron chi connectivity index (χ0n) is 10.5. The molecule has 2 heterocycles. The molecule has 2 N–H and O–H groups in total. The topological polar surface area (TPSA) is 52.5 Å². The zero-order valence-corrected chi connectivity index (χ0v) is 11.3. The molecule has 17 heavy (non-hydrogen) atoms. The van der Waals surface area contributed by atoms with Crippen molar-refractivity contribution in [1.29, 1.82) is 0 Å². The summed E-state index contributed by atoms with van der Waals surface area (Å²) in [6.45, 7) is 6.72. The first-order chi connectivity index (χ1) is 8.03. The van der Waals surface area contributed by atoms with Gasteiger partial charge in [0.25, 0.3) is 0 Å². The number of nitrogens with zero attached hydrogens (tertiary/aromatic N) is 2. The molecule has 4 nitrogen and oxygen atoms in total. The lowest BCUT2D eigenvalue weighted by molar-refractivity contribution is -0.0289. The highest BCUT2D eigenvalue weighted by atomic mass is 32.1. The van der Waals surface area contributed by atoms with E-state index in [-0.39, 0.29) is 11.6 Å². The summed E-state index contributed by atoms with van der Waals surface area (Å²) >= 11 is 1.63. The van der Waals surface area contributed by atoms with Crippen LogP contribution in [0.2, 0.25) is 0 Å². The zero-order chi connectivity index (χ0) is 12.5. The minimum Gasteiger partial charge on any atom is -0.374 e. The molecular formula is C12H19N3OS. The Balaban J connectivity index is 2.08. The first kappa shape index (κ1) is 12.5. The fourth-order valence-corrected chi connectivity index (χ4v) is 2.54. The molecule has 0 aromatic carbocycles. The van der Waals surface area contributed by atoms with E-state index in [9.17, 15) is 0 Å². The summed E-state index contributed by atoms with van der Waals surface area (Å²) < 4.78 is 7.69. The minimum absolute atomic E-state index is 0.0490. The molecule has 0 radical (unpaired) electrons. The number of fused-ring (bicyclic) bond motifs is 1. The molecule has 0 amide bonds. The number of aromatic nitrogens is 2. The highest BCUT2D eigenvalue weighted by Crippen LogP contribution is 2.18. The third kappa shape index (κ3) is 2.68. The maximum Gasteiger partial charge on any atom is 0.193 e. The van der Waals surface area contributed by atoms with Crippen molar-refractivity contribution < 1.29 is 4.74 Å². The number of imidazole rings is 1. The van der Waals surface area contributed by atoms with Gasteiger partial charge >= 0.3 is 0 Å². The van der Waals surface area contributed by atoms with Gasteiger partial charge in [-0.15, -0.1) is 11.3 Å². The summed E-state index contributed by atoms with van der Waals surface area (Å²) in [5, 5.41) is 2.02. The molecule has 0 fully saturated rings. The van der Waals surface area contributed by atoms with Crippen LogP contribution < -0.4 is 5.73 Å². The third-order valence-corrected chi connectivity index (χ3v) is 3.75. The van der Waals surface area contributed by atoms with E-state index in [2.05, 4.69) is 4.98 Å². The summed E-state index contributed by atoms with van der Waals surface area (Å²) in [7, 11) is 0. The predicted molar refractivity (Wildman–Crippen MR) is 70.5 cm³/mol. The standard InChI is InChI=1S/C12H19N3OS/c1-4-16-12(2,3)10(13)7-9-8-15-5-6-17-11(15)14-9/h5-6,8,10H,4,7,13H2,1-3H3. The van der Waals surface area contributed by atoms with Crippen LogP contribution in [0.4, 0.5) is 0 Å². The summed E-state index contributed by atoms with van der Waals surface area (Å²) in [5.41, 5.74) is 6.90. The number of rotatable bonds is 5. The van der Waals surface area contributed by atoms with E-state index in [1.807, 2.05) is 42.9 Å². The van der Waals surface area contributed by atoms with Gasteiger partial charge in [-0.25, -0.2) is 4.98 Å². The van der Waals surface area contributed by atoms with Crippen molar-refractivity contribution in [3.63, 3.8) is 0 Å². The number of ether oxygens (including phenoxy) is 1. The number of hydrogen-bond donors (Lipinski definition) is 1. The van der Waals surface area contributed by atoms with Crippen molar-refractivity contribution in [2.45, 2.75) is 38.8 Å². The van der Waals surface area contributed by atoms with Crippen LogP contribution in [0.1, 0.15) is 26.5 Å². The first-order valence-corrected chi connectivity index (χ1v) is 6.71. The molecule has 0 aliphatic rings. The maximum atomic E-state index is 6.19. The second-order valence-electron chi connectivity index (χ2n) is 4.67. The van der Waals surface area contributed by atoms with E-state index in [4.69, 9.17) is 10.5 Å². The van der Waals surface area contributed by atoms with Gasteiger partial charge in [-0.2, -0.15) is 0 Å². The summed E-state index contributed by atoms with van der Waals surface area (Å²) in [5.74, 6) is 0. The van der Waals surface area contributed by atoms with Crippen molar-refractivity contribution in [1.82, 2.24) is 9.38 Å². The molecule has 0 saturated carbocycles. The van der Waals surface area contributed by atoms with Gasteiger partial charge < -0.3 is 10.5 Å². The highest BCUT2D eigenvalue weighted by Gasteiger charge is 2.27. The van der Waals surface area contributed by atoms with Gasteiger partial charge in [0.2, 0.25) is 0 Å². The molecule has 1 atom stereocenters. The molecular weight excluding hydrogens is 234 g/mol. The van der Waals surface area contributed by atoms with Crippen molar-refractivity contribution in [2.75, 3.05) is 6.61 Å². The van der Waals surface area contributed by atoms with E-state index in [0.29, 0.717) is 6.61 Å². The second-order valence-corrected chi connectivity index (χ2v) is 5.55. The monoisotopic (exact) mass is 253 g/mol. The third-order valence-electron chi connectivity index (χ3n) is 2.98. The van der Waals surface area contributed by atoms with Gasteiger partial charge in [0.1, 0.15) is 0 Å². The van der Waals surface area contributed by atoms with Crippen molar-refractivity contribution >= 4 is 16.3 Å². The molecule has 2 aromatic heterocycles. The highest BCUT2D eigenvalue weighted by molar-refractivity contribution is 7.15. The van der Waals surface area contributed by atoms with Crippen LogP contribution in [0, 0.1) is 0 Å². The Bertz CT molecular complexity index is 460. The number of nitrogens with two attached hydrogens (primary N) is 1. The van der Waals surface area contributed by atoms with Crippen LogP contribution in [0.5, 0.6) is 0 Å². The van der Waals surface area contributed by atoms with Gasteiger partial charge in [0, 0.05) is 36.8 Å². The second kappa shape index (κ2) is 4.76. The lowest BCUT2D eigenvalue weighted by Crippen LogP contribution is -2.46. The fraction of sp³-hybridized carbons (Fsp3) is 0.583. The molecule has 0 aliphatic heterocycles. The van der Waals surface area contributed by atoms with Crippen LogP contribution in [0.3, 0.4) is 0 Å². The maximum absolute atomic E-state index is 6.19. The molecule has 2 rings (SSSR count). The predicted octanol–water partition coefficient (Wildman–Crippen LogP) is 2.08. The Morgan fingerprint density at radius 1 is 1.59 bits per heavy atom. The minimum atomic E-state index is -0.314. The molecule has 2 aromatic rings. The van der Waals surface area contributed by atoms with Crippen LogP contribution in [0.15, 0.2) is 17.8 Å². The van der Waals surface area contributed by atoms with Gasteiger partial charge in [0.05, 0.1) is 11.3 Å². The van der Waals surface area contributed by atoms with Gasteiger partial charge in [-0.1, -0.05) is 0 Å². The molecule has 0 spiro atoms. The Morgan fingerprint density at radius 2 is 2.35 bits per heavy atom. The Labute approximate surface area is 105 Å². The van der Waals surface area contributed by atoms with Gasteiger partial charge in [0.15, 0.2) is 4.96 Å². The number of thiazole rings is 1. The molecule has 5 heteroatoms. The van der Waals surface area contributed by atoms with E-state index < -0.39 is 0 Å². The SMILES string of the molecule is CCOC(C)(C)C(N)Cc1cn2ccsc2n1. The van der Waals surface area contributed by atoms with Crippen LogP contribution in [-0.2, 0) is 11.2 Å². The van der Waals surface area contributed by atoms with Crippen LogP contribution in [-0.4, -0.2) is 27.6 Å². The molecule has 1 unspecified atom stereocenters. The molecule has 0 bridgehead atoms. The Morgan fingerprint density at radius 3 is 3.00 bits per heavy atom. The van der Waals surface area contributed by atoms with Gasteiger partial charge in [-0.3, -0.25) is 4.40 Å². The van der Waals surface area contributed by atoms with Gasteiger partial charge in [-0.05, 0) is 20.8 Å². The van der Waals surface area contributed by atoms with E-state index >= 15 is 0 Å². The van der Waals surface area contributed by atoms with Crippen molar-refractivity contribution in [2.24, 2.45) is 5.73 Å². The first-order valence-electron chi connectivity index (χ1n) is 5.83. The normalized spacial score (nSPS) is 14.4. The van der Waals surface area contributed by atoms with E-state index in [0.717, 1.165) is 17.1 Å². The lowest BCUT2D eigenvalue weighted by atomic mass is 9.95. The molecule has 0 saturated heterocycles. The largest absolute Gasteiger partial charge is 0.374 e. The van der Waals surface area contributed by atoms with E-state index in [1.54, 1.807) is 11.3 Å². The number of hydrogen-bond acceptors (Lipinski definition) is 4. The fourth-order valence-electron chi connectivity index (χ4n) is 1.82. The van der Waals surface area contributed by atoms with Crippen LogP contribution in [0.25, 0.3) is 4.96 Å². The smallest absolute Gasteiger partial charge is 0.193 e.